The molecule has 1 atom stereocenters. The Morgan fingerprint density at radius 3 is 2.95 bits per heavy atom. The zero-order valence-corrected chi connectivity index (χ0v) is 10.8. The second-order valence-electron chi connectivity index (χ2n) is 4.43. The SMILES string of the molecule is CCCOc1ccc2[nH]cc([C@@H](CN)C(=O)O)c2c1. The Labute approximate surface area is 111 Å². The number of aliphatic carboxylic acids is 1. The van der Waals surface area contributed by atoms with Crippen molar-refractivity contribution in [3.63, 3.8) is 0 Å². The standard InChI is InChI=1S/C14H18N2O3/c1-2-5-19-9-3-4-13-10(6-9)12(8-16-13)11(7-15)14(17)18/h3-4,6,8,11,16H,2,5,7,15H2,1H3,(H,17,18)/t11-/m1/s1. The van der Waals surface area contributed by atoms with Crippen LogP contribution in [0.5, 0.6) is 5.75 Å². The van der Waals surface area contributed by atoms with Crippen LogP contribution in [0.1, 0.15) is 24.8 Å². The number of carboxylic acid groups (broad SMARTS) is 1. The van der Waals surface area contributed by atoms with Gasteiger partial charge in [-0.3, -0.25) is 4.79 Å². The Kier molecular flexibility index (Phi) is 4.06. The van der Waals surface area contributed by atoms with Crippen LogP contribution in [-0.4, -0.2) is 29.2 Å². The van der Waals surface area contributed by atoms with Crippen molar-refractivity contribution < 1.29 is 14.6 Å². The van der Waals surface area contributed by atoms with E-state index in [1.54, 1.807) is 6.20 Å². The van der Waals surface area contributed by atoms with Crippen molar-refractivity contribution in [3.8, 4) is 5.75 Å². The lowest BCUT2D eigenvalue weighted by Gasteiger charge is -2.09. The molecular formula is C14H18N2O3. The molecule has 0 saturated heterocycles. The number of aromatic amines is 1. The van der Waals surface area contributed by atoms with E-state index in [-0.39, 0.29) is 6.54 Å². The average Bonchev–Trinajstić information content (AvgIpc) is 2.80. The maximum Gasteiger partial charge on any atom is 0.312 e. The number of nitrogens with two attached hydrogens (primary N) is 1. The molecule has 4 N–H and O–H groups in total. The minimum atomic E-state index is -0.914. The number of carboxylic acids is 1. The summed E-state index contributed by atoms with van der Waals surface area (Å²) in [4.78, 5) is 14.3. The molecule has 2 rings (SSSR count). The van der Waals surface area contributed by atoms with Gasteiger partial charge in [0.25, 0.3) is 0 Å². The summed E-state index contributed by atoms with van der Waals surface area (Å²) in [7, 11) is 0. The van der Waals surface area contributed by atoms with Crippen molar-refractivity contribution in [2.45, 2.75) is 19.3 Å². The summed E-state index contributed by atoms with van der Waals surface area (Å²) in [6.45, 7) is 2.75. The molecule has 0 aliphatic heterocycles. The molecule has 5 nitrogen and oxygen atoms in total. The van der Waals surface area contributed by atoms with Gasteiger partial charge in [-0.25, -0.2) is 0 Å². The molecule has 0 aliphatic carbocycles. The number of rotatable bonds is 6. The molecule has 0 bridgehead atoms. The van der Waals surface area contributed by atoms with Gasteiger partial charge in [0.2, 0.25) is 0 Å². The van der Waals surface area contributed by atoms with Crippen molar-refractivity contribution in [2.24, 2.45) is 5.73 Å². The highest BCUT2D eigenvalue weighted by Gasteiger charge is 2.21. The second kappa shape index (κ2) is 5.75. The first-order valence-corrected chi connectivity index (χ1v) is 6.34. The van der Waals surface area contributed by atoms with Crippen molar-refractivity contribution in [1.82, 2.24) is 4.98 Å². The van der Waals surface area contributed by atoms with E-state index in [4.69, 9.17) is 10.5 Å². The second-order valence-corrected chi connectivity index (χ2v) is 4.43. The van der Waals surface area contributed by atoms with Crippen molar-refractivity contribution >= 4 is 16.9 Å². The molecular weight excluding hydrogens is 244 g/mol. The fourth-order valence-electron chi connectivity index (χ4n) is 2.08. The van der Waals surface area contributed by atoms with E-state index in [0.717, 1.165) is 23.1 Å². The van der Waals surface area contributed by atoms with Gasteiger partial charge in [-0.05, 0) is 30.2 Å². The highest BCUT2D eigenvalue weighted by Crippen LogP contribution is 2.28. The number of nitrogens with one attached hydrogen (secondary N) is 1. The molecule has 0 spiro atoms. The number of aromatic nitrogens is 1. The van der Waals surface area contributed by atoms with Gasteiger partial charge >= 0.3 is 5.97 Å². The summed E-state index contributed by atoms with van der Waals surface area (Å²) in [5.41, 5.74) is 7.14. The monoisotopic (exact) mass is 262 g/mol. The van der Waals surface area contributed by atoms with E-state index in [1.165, 1.54) is 0 Å². The molecule has 102 valence electrons. The number of H-pyrrole nitrogens is 1. The van der Waals surface area contributed by atoms with Crippen LogP contribution in [0.4, 0.5) is 0 Å². The van der Waals surface area contributed by atoms with Crippen LogP contribution >= 0.6 is 0 Å². The van der Waals surface area contributed by atoms with Crippen LogP contribution in [-0.2, 0) is 4.79 Å². The molecule has 5 heteroatoms. The molecule has 1 heterocycles. The number of hydrogen-bond acceptors (Lipinski definition) is 3. The molecule has 2 aromatic rings. The van der Waals surface area contributed by atoms with Crippen molar-refractivity contribution in [1.29, 1.82) is 0 Å². The first kappa shape index (κ1) is 13.4. The van der Waals surface area contributed by atoms with Crippen LogP contribution in [0.2, 0.25) is 0 Å². The number of hydrogen-bond donors (Lipinski definition) is 3. The first-order valence-electron chi connectivity index (χ1n) is 6.34. The summed E-state index contributed by atoms with van der Waals surface area (Å²) < 4.78 is 5.57. The molecule has 19 heavy (non-hydrogen) atoms. The predicted octanol–water partition coefficient (Wildman–Crippen LogP) is 2.08. The lowest BCUT2D eigenvalue weighted by atomic mass is 9.99. The van der Waals surface area contributed by atoms with Gasteiger partial charge < -0.3 is 20.6 Å². The van der Waals surface area contributed by atoms with E-state index in [0.29, 0.717) is 12.2 Å². The van der Waals surface area contributed by atoms with Crippen LogP contribution in [0.3, 0.4) is 0 Å². The topological polar surface area (TPSA) is 88.3 Å². The van der Waals surface area contributed by atoms with Gasteiger partial charge in [0.15, 0.2) is 0 Å². The minimum absolute atomic E-state index is 0.0718. The van der Waals surface area contributed by atoms with Crippen LogP contribution < -0.4 is 10.5 Å². The molecule has 0 fully saturated rings. The molecule has 0 radical (unpaired) electrons. The van der Waals surface area contributed by atoms with Crippen molar-refractivity contribution in [2.75, 3.05) is 13.2 Å². The Morgan fingerprint density at radius 2 is 2.32 bits per heavy atom. The van der Waals surface area contributed by atoms with Gasteiger partial charge in [0.1, 0.15) is 5.75 Å². The normalized spacial score (nSPS) is 12.5. The Morgan fingerprint density at radius 1 is 1.53 bits per heavy atom. The predicted molar refractivity (Wildman–Crippen MR) is 73.5 cm³/mol. The fourth-order valence-corrected chi connectivity index (χ4v) is 2.08. The van der Waals surface area contributed by atoms with Crippen molar-refractivity contribution in [3.05, 3.63) is 30.0 Å². The largest absolute Gasteiger partial charge is 0.494 e. The Balaban J connectivity index is 2.41. The third-order valence-corrected chi connectivity index (χ3v) is 3.07. The number of ether oxygens (including phenoxy) is 1. The summed E-state index contributed by atoms with van der Waals surface area (Å²) >= 11 is 0. The minimum Gasteiger partial charge on any atom is -0.494 e. The smallest absolute Gasteiger partial charge is 0.312 e. The number of benzene rings is 1. The highest BCUT2D eigenvalue weighted by atomic mass is 16.5. The van der Waals surface area contributed by atoms with E-state index in [1.807, 2.05) is 25.1 Å². The fraction of sp³-hybridized carbons (Fsp3) is 0.357. The Bertz CT molecular complexity index is 577. The summed E-state index contributed by atoms with van der Waals surface area (Å²) in [6.07, 6.45) is 2.64. The average molecular weight is 262 g/mol. The lowest BCUT2D eigenvalue weighted by Crippen LogP contribution is -2.20. The van der Waals surface area contributed by atoms with E-state index < -0.39 is 11.9 Å². The quantitative estimate of drug-likeness (QED) is 0.743. The zero-order valence-electron chi connectivity index (χ0n) is 10.8. The highest BCUT2D eigenvalue weighted by molar-refractivity contribution is 5.90. The van der Waals surface area contributed by atoms with Gasteiger partial charge in [0, 0.05) is 23.6 Å². The molecule has 1 aromatic carbocycles. The summed E-state index contributed by atoms with van der Waals surface area (Å²) in [5.74, 6) is -0.866. The van der Waals surface area contributed by atoms with Crippen LogP contribution in [0.25, 0.3) is 10.9 Å². The third kappa shape index (κ3) is 2.71. The van der Waals surface area contributed by atoms with Gasteiger partial charge in [-0.2, -0.15) is 0 Å². The zero-order chi connectivity index (χ0) is 13.8. The number of carbonyl (C=O) groups is 1. The molecule has 1 aromatic heterocycles. The third-order valence-electron chi connectivity index (χ3n) is 3.07. The molecule has 0 amide bonds. The summed E-state index contributed by atoms with van der Waals surface area (Å²) in [6, 6.07) is 5.62. The Hall–Kier alpha value is -2.01. The van der Waals surface area contributed by atoms with E-state index in [9.17, 15) is 9.90 Å². The number of fused-ring (bicyclic) bond motifs is 1. The molecule has 0 aliphatic rings. The molecule has 0 unspecified atom stereocenters. The van der Waals surface area contributed by atoms with E-state index >= 15 is 0 Å². The summed E-state index contributed by atoms with van der Waals surface area (Å²) in [5, 5.41) is 10.0. The van der Waals surface area contributed by atoms with Gasteiger partial charge in [-0.1, -0.05) is 6.92 Å². The van der Waals surface area contributed by atoms with Gasteiger partial charge in [-0.15, -0.1) is 0 Å². The maximum atomic E-state index is 11.2. The van der Waals surface area contributed by atoms with Crippen LogP contribution in [0, 0.1) is 0 Å². The molecule has 0 saturated carbocycles. The lowest BCUT2D eigenvalue weighted by molar-refractivity contribution is -0.138. The van der Waals surface area contributed by atoms with Gasteiger partial charge in [0.05, 0.1) is 12.5 Å². The first-order chi connectivity index (χ1) is 9.17. The maximum absolute atomic E-state index is 11.2. The van der Waals surface area contributed by atoms with Crippen LogP contribution in [0.15, 0.2) is 24.4 Å². The van der Waals surface area contributed by atoms with E-state index in [2.05, 4.69) is 4.98 Å².